The minimum absolute atomic E-state index is 0.106. The number of hydrogen-bond acceptors (Lipinski definition) is 4. The quantitative estimate of drug-likeness (QED) is 0.669. The third-order valence-electron chi connectivity index (χ3n) is 4.02. The summed E-state index contributed by atoms with van der Waals surface area (Å²) in [4.78, 5) is 23.7. The van der Waals surface area contributed by atoms with Gasteiger partial charge in [0.25, 0.3) is 5.91 Å². The van der Waals surface area contributed by atoms with Gasteiger partial charge in [-0.25, -0.2) is 0 Å². The highest BCUT2D eigenvalue weighted by Crippen LogP contribution is 2.25. The molecule has 2 aromatic rings. The van der Waals surface area contributed by atoms with E-state index in [9.17, 15) is 9.59 Å². The molecule has 2 aromatic carbocycles. The normalized spacial score (nSPS) is 12.3. The molecule has 0 bridgehead atoms. The molecule has 1 heterocycles. The second kappa shape index (κ2) is 9.19. The SMILES string of the molecule is CC(C)O.Cc1ccc(CNC(=O)c2ccc3c(c2)NC(=O)CN3)cc1C. The van der Waals surface area contributed by atoms with Gasteiger partial charge in [0.1, 0.15) is 0 Å². The lowest BCUT2D eigenvalue weighted by atomic mass is 10.1. The molecule has 0 spiro atoms. The summed E-state index contributed by atoms with van der Waals surface area (Å²) in [5.41, 5.74) is 5.50. The van der Waals surface area contributed by atoms with E-state index in [1.54, 1.807) is 32.0 Å². The molecule has 2 amide bonds. The minimum Gasteiger partial charge on any atom is -0.394 e. The van der Waals surface area contributed by atoms with Crippen LogP contribution in [-0.4, -0.2) is 29.6 Å². The van der Waals surface area contributed by atoms with E-state index < -0.39 is 0 Å². The van der Waals surface area contributed by atoms with E-state index >= 15 is 0 Å². The van der Waals surface area contributed by atoms with Crippen molar-refractivity contribution >= 4 is 23.2 Å². The molecular weight excluding hydrogens is 342 g/mol. The smallest absolute Gasteiger partial charge is 0.251 e. The Hall–Kier alpha value is -2.86. The van der Waals surface area contributed by atoms with Gasteiger partial charge in [-0.2, -0.15) is 0 Å². The Morgan fingerprint density at radius 2 is 1.81 bits per heavy atom. The molecule has 4 N–H and O–H groups in total. The van der Waals surface area contributed by atoms with E-state index in [4.69, 9.17) is 5.11 Å². The Bertz CT molecular complexity index is 829. The van der Waals surface area contributed by atoms with E-state index in [1.807, 2.05) is 6.07 Å². The largest absolute Gasteiger partial charge is 0.394 e. The first-order valence-corrected chi connectivity index (χ1v) is 8.96. The maximum atomic E-state index is 12.3. The molecular formula is C21H27N3O3. The molecule has 0 saturated carbocycles. The van der Waals surface area contributed by atoms with Gasteiger partial charge >= 0.3 is 0 Å². The molecule has 0 aliphatic carbocycles. The summed E-state index contributed by atoms with van der Waals surface area (Å²) in [7, 11) is 0. The third-order valence-corrected chi connectivity index (χ3v) is 4.02. The number of fused-ring (bicyclic) bond motifs is 1. The van der Waals surface area contributed by atoms with Gasteiger partial charge in [0.05, 0.1) is 17.9 Å². The Morgan fingerprint density at radius 3 is 2.48 bits per heavy atom. The van der Waals surface area contributed by atoms with Gasteiger partial charge in [-0.1, -0.05) is 18.2 Å². The predicted octanol–water partition coefficient (Wildman–Crippen LogP) is 2.98. The van der Waals surface area contributed by atoms with Crippen molar-refractivity contribution in [1.29, 1.82) is 0 Å². The van der Waals surface area contributed by atoms with Crippen molar-refractivity contribution in [1.82, 2.24) is 5.32 Å². The summed E-state index contributed by atoms with van der Waals surface area (Å²) in [5, 5.41) is 16.7. The van der Waals surface area contributed by atoms with Gasteiger partial charge < -0.3 is 21.1 Å². The fourth-order valence-electron chi connectivity index (χ4n) is 2.51. The topological polar surface area (TPSA) is 90.5 Å². The van der Waals surface area contributed by atoms with E-state index in [0.29, 0.717) is 17.8 Å². The Balaban J connectivity index is 0.000000596. The van der Waals surface area contributed by atoms with Crippen molar-refractivity contribution in [3.63, 3.8) is 0 Å². The van der Waals surface area contributed by atoms with Crippen LogP contribution in [0.5, 0.6) is 0 Å². The molecule has 144 valence electrons. The zero-order chi connectivity index (χ0) is 20.0. The average Bonchev–Trinajstić information content (AvgIpc) is 2.61. The molecule has 3 rings (SSSR count). The number of carbonyl (C=O) groups is 2. The first kappa shape index (κ1) is 20.5. The van der Waals surface area contributed by atoms with Gasteiger partial charge in [0.2, 0.25) is 5.91 Å². The van der Waals surface area contributed by atoms with Crippen molar-refractivity contribution < 1.29 is 14.7 Å². The van der Waals surface area contributed by atoms with Crippen LogP contribution in [0, 0.1) is 13.8 Å². The number of nitrogens with one attached hydrogen (secondary N) is 3. The Labute approximate surface area is 160 Å². The molecule has 1 aliphatic heterocycles. The Kier molecular flexibility index (Phi) is 6.96. The first-order valence-electron chi connectivity index (χ1n) is 8.96. The average molecular weight is 369 g/mol. The van der Waals surface area contributed by atoms with Crippen molar-refractivity contribution in [2.75, 3.05) is 17.2 Å². The number of aliphatic hydroxyl groups is 1. The molecule has 0 atom stereocenters. The number of rotatable bonds is 3. The van der Waals surface area contributed by atoms with E-state index in [-0.39, 0.29) is 24.5 Å². The van der Waals surface area contributed by atoms with Gasteiger partial charge in [-0.05, 0) is 62.6 Å². The maximum absolute atomic E-state index is 12.3. The molecule has 6 nitrogen and oxygen atoms in total. The predicted molar refractivity (Wildman–Crippen MR) is 108 cm³/mol. The summed E-state index contributed by atoms with van der Waals surface area (Å²) >= 11 is 0. The third kappa shape index (κ3) is 6.11. The number of hydrogen-bond donors (Lipinski definition) is 4. The van der Waals surface area contributed by atoms with Gasteiger partial charge in [-0.15, -0.1) is 0 Å². The van der Waals surface area contributed by atoms with Crippen LogP contribution in [0.15, 0.2) is 36.4 Å². The van der Waals surface area contributed by atoms with E-state index in [2.05, 4.69) is 41.9 Å². The lowest BCUT2D eigenvalue weighted by molar-refractivity contribution is -0.114. The highest BCUT2D eigenvalue weighted by Gasteiger charge is 2.16. The summed E-state index contributed by atoms with van der Waals surface area (Å²) in [6, 6.07) is 11.4. The van der Waals surface area contributed by atoms with Crippen molar-refractivity contribution in [2.45, 2.75) is 40.3 Å². The zero-order valence-electron chi connectivity index (χ0n) is 16.2. The van der Waals surface area contributed by atoms with Crippen LogP contribution in [0.1, 0.15) is 40.9 Å². The van der Waals surface area contributed by atoms with Crippen molar-refractivity contribution in [2.24, 2.45) is 0 Å². The van der Waals surface area contributed by atoms with Crippen LogP contribution < -0.4 is 16.0 Å². The van der Waals surface area contributed by atoms with Crippen LogP contribution in [-0.2, 0) is 11.3 Å². The van der Waals surface area contributed by atoms with Crippen LogP contribution >= 0.6 is 0 Å². The van der Waals surface area contributed by atoms with Crippen LogP contribution in [0.4, 0.5) is 11.4 Å². The summed E-state index contributed by atoms with van der Waals surface area (Å²) in [6.07, 6.45) is -0.167. The monoisotopic (exact) mass is 369 g/mol. The number of benzene rings is 2. The summed E-state index contributed by atoms with van der Waals surface area (Å²) in [6.45, 7) is 8.29. The maximum Gasteiger partial charge on any atom is 0.251 e. The standard InChI is InChI=1S/C18H19N3O2.C3H8O/c1-11-3-4-13(7-12(11)2)9-20-18(23)14-5-6-15-16(8-14)21-17(22)10-19-15;1-3(2)4/h3-8,19H,9-10H2,1-2H3,(H,20,23)(H,21,22);3-4H,1-2H3. The molecule has 0 aromatic heterocycles. The molecule has 1 aliphatic rings. The van der Waals surface area contributed by atoms with Crippen LogP contribution in [0.25, 0.3) is 0 Å². The molecule has 0 fully saturated rings. The fraction of sp³-hybridized carbons (Fsp3) is 0.333. The lowest BCUT2D eigenvalue weighted by Gasteiger charge is -2.19. The van der Waals surface area contributed by atoms with Crippen LogP contribution in [0.2, 0.25) is 0 Å². The number of amides is 2. The highest BCUT2D eigenvalue weighted by atomic mass is 16.3. The number of aliphatic hydroxyl groups excluding tert-OH is 1. The highest BCUT2D eigenvalue weighted by molar-refractivity contribution is 6.03. The van der Waals surface area contributed by atoms with Gasteiger partial charge in [0.15, 0.2) is 0 Å². The molecule has 0 saturated heterocycles. The van der Waals surface area contributed by atoms with E-state index in [0.717, 1.165) is 11.3 Å². The molecule has 27 heavy (non-hydrogen) atoms. The second-order valence-electron chi connectivity index (χ2n) is 6.86. The van der Waals surface area contributed by atoms with E-state index in [1.165, 1.54) is 11.1 Å². The Morgan fingerprint density at radius 1 is 1.11 bits per heavy atom. The second-order valence-corrected chi connectivity index (χ2v) is 6.86. The number of aryl methyl sites for hydroxylation is 2. The van der Waals surface area contributed by atoms with Crippen LogP contribution in [0.3, 0.4) is 0 Å². The van der Waals surface area contributed by atoms with Crippen molar-refractivity contribution in [3.8, 4) is 0 Å². The molecule has 0 radical (unpaired) electrons. The first-order chi connectivity index (χ1) is 12.8. The fourth-order valence-corrected chi connectivity index (χ4v) is 2.51. The number of anilines is 2. The van der Waals surface area contributed by atoms with Gasteiger partial charge in [0, 0.05) is 18.2 Å². The summed E-state index contributed by atoms with van der Waals surface area (Å²) < 4.78 is 0. The molecule has 0 unspecified atom stereocenters. The lowest BCUT2D eigenvalue weighted by Crippen LogP contribution is -2.28. The van der Waals surface area contributed by atoms with Crippen molar-refractivity contribution in [3.05, 3.63) is 58.7 Å². The number of carbonyl (C=O) groups excluding carboxylic acids is 2. The zero-order valence-corrected chi connectivity index (χ0v) is 16.2. The summed E-state index contributed by atoms with van der Waals surface area (Å²) in [5.74, 6) is -0.268. The minimum atomic E-state index is -0.167. The van der Waals surface area contributed by atoms with Gasteiger partial charge in [-0.3, -0.25) is 9.59 Å². The molecule has 6 heteroatoms.